The number of fused-ring (bicyclic) bond motifs is 1. The highest BCUT2D eigenvalue weighted by molar-refractivity contribution is 5.44. The molecule has 1 heterocycles. The summed E-state index contributed by atoms with van der Waals surface area (Å²) in [7, 11) is 2.15. The molecule has 18 heavy (non-hydrogen) atoms. The Labute approximate surface area is 108 Å². The van der Waals surface area contributed by atoms with Crippen LogP contribution in [0.1, 0.15) is 18.4 Å². The number of hydrogen-bond donors (Lipinski definition) is 1. The van der Waals surface area contributed by atoms with Crippen molar-refractivity contribution in [3.05, 3.63) is 23.8 Å². The van der Waals surface area contributed by atoms with Gasteiger partial charge in [0, 0.05) is 13.1 Å². The zero-order valence-electron chi connectivity index (χ0n) is 10.8. The minimum absolute atomic E-state index is 0.338. The van der Waals surface area contributed by atoms with Crippen LogP contribution in [0.4, 0.5) is 0 Å². The Hall–Kier alpha value is -1.26. The summed E-state index contributed by atoms with van der Waals surface area (Å²) in [4.78, 5) is 2.34. The van der Waals surface area contributed by atoms with Gasteiger partial charge in [0.1, 0.15) is 0 Å². The molecule has 3 rings (SSSR count). The second-order valence-corrected chi connectivity index (χ2v) is 5.56. The molecule has 1 aliphatic heterocycles. The minimum Gasteiger partial charge on any atom is -0.454 e. The highest BCUT2D eigenvalue weighted by atomic mass is 16.7. The van der Waals surface area contributed by atoms with Gasteiger partial charge in [-0.3, -0.25) is 0 Å². The highest BCUT2D eigenvalue weighted by Gasteiger charge is 2.41. The van der Waals surface area contributed by atoms with Crippen molar-refractivity contribution in [2.45, 2.75) is 19.4 Å². The normalized spacial score (nSPS) is 19.3. The van der Waals surface area contributed by atoms with E-state index in [1.165, 1.54) is 18.4 Å². The molecular weight excluding hydrogens is 228 g/mol. The summed E-state index contributed by atoms with van der Waals surface area (Å²) in [6, 6.07) is 6.16. The second kappa shape index (κ2) is 4.44. The van der Waals surface area contributed by atoms with Crippen molar-refractivity contribution in [1.82, 2.24) is 4.90 Å². The van der Waals surface area contributed by atoms with Crippen molar-refractivity contribution in [1.29, 1.82) is 0 Å². The predicted octanol–water partition coefficient (Wildman–Crippen LogP) is 1.59. The van der Waals surface area contributed by atoms with Crippen LogP contribution in [0, 0.1) is 5.41 Å². The third-order valence-electron chi connectivity index (χ3n) is 3.88. The summed E-state index contributed by atoms with van der Waals surface area (Å²) in [5.74, 6) is 1.71. The third kappa shape index (κ3) is 2.31. The van der Waals surface area contributed by atoms with E-state index in [-0.39, 0.29) is 0 Å². The van der Waals surface area contributed by atoms with E-state index < -0.39 is 0 Å². The molecule has 1 saturated carbocycles. The smallest absolute Gasteiger partial charge is 0.231 e. The Bertz CT molecular complexity index is 443. The monoisotopic (exact) mass is 248 g/mol. The zero-order valence-corrected chi connectivity index (χ0v) is 10.8. The lowest BCUT2D eigenvalue weighted by atomic mass is 10.1. The molecule has 0 radical (unpaired) electrons. The number of ether oxygens (including phenoxy) is 2. The minimum atomic E-state index is 0.338. The largest absolute Gasteiger partial charge is 0.454 e. The van der Waals surface area contributed by atoms with Crippen LogP contribution in [0.15, 0.2) is 18.2 Å². The molecule has 4 nitrogen and oxygen atoms in total. The van der Waals surface area contributed by atoms with Crippen molar-refractivity contribution in [2.75, 3.05) is 26.9 Å². The van der Waals surface area contributed by atoms with Gasteiger partial charge in [-0.05, 0) is 49.5 Å². The molecule has 0 unspecified atom stereocenters. The number of nitrogens with two attached hydrogens (primary N) is 1. The summed E-state index contributed by atoms with van der Waals surface area (Å²) >= 11 is 0. The fraction of sp³-hybridized carbons (Fsp3) is 0.571. The van der Waals surface area contributed by atoms with E-state index in [2.05, 4.69) is 24.1 Å². The van der Waals surface area contributed by atoms with Gasteiger partial charge in [0.05, 0.1) is 0 Å². The molecule has 0 saturated heterocycles. The number of nitrogens with zero attached hydrogens (tertiary/aromatic N) is 1. The van der Waals surface area contributed by atoms with Gasteiger partial charge < -0.3 is 20.1 Å². The van der Waals surface area contributed by atoms with E-state index in [0.717, 1.165) is 31.1 Å². The van der Waals surface area contributed by atoms with E-state index in [9.17, 15) is 0 Å². The molecule has 0 atom stereocenters. The van der Waals surface area contributed by atoms with Crippen LogP contribution in [-0.4, -0.2) is 31.8 Å². The first kappa shape index (κ1) is 11.8. The maximum absolute atomic E-state index is 5.82. The van der Waals surface area contributed by atoms with Gasteiger partial charge in [0.15, 0.2) is 11.5 Å². The van der Waals surface area contributed by atoms with Crippen molar-refractivity contribution < 1.29 is 9.47 Å². The van der Waals surface area contributed by atoms with Crippen molar-refractivity contribution in [2.24, 2.45) is 11.1 Å². The quantitative estimate of drug-likeness (QED) is 0.859. The Morgan fingerprint density at radius 3 is 2.78 bits per heavy atom. The van der Waals surface area contributed by atoms with E-state index in [1.54, 1.807) is 0 Å². The molecule has 0 amide bonds. The average molecular weight is 248 g/mol. The van der Waals surface area contributed by atoms with Crippen LogP contribution in [0.5, 0.6) is 11.5 Å². The molecule has 0 spiro atoms. The van der Waals surface area contributed by atoms with E-state index in [4.69, 9.17) is 15.2 Å². The first-order valence-electron chi connectivity index (χ1n) is 6.48. The number of hydrogen-bond acceptors (Lipinski definition) is 4. The molecule has 4 heteroatoms. The Morgan fingerprint density at radius 2 is 2.06 bits per heavy atom. The number of rotatable bonds is 5. The lowest BCUT2D eigenvalue weighted by Gasteiger charge is -2.22. The van der Waals surface area contributed by atoms with E-state index in [1.807, 2.05) is 6.07 Å². The SMILES string of the molecule is CN(Cc1ccc2c(c1)OCO2)CC1(CN)CC1. The van der Waals surface area contributed by atoms with Gasteiger partial charge in [0.25, 0.3) is 0 Å². The molecule has 1 fully saturated rings. The molecule has 1 aromatic carbocycles. The predicted molar refractivity (Wildman–Crippen MR) is 69.6 cm³/mol. The fourth-order valence-electron chi connectivity index (χ4n) is 2.58. The fourth-order valence-corrected chi connectivity index (χ4v) is 2.58. The average Bonchev–Trinajstić information content (AvgIpc) is 2.97. The van der Waals surface area contributed by atoms with Crippen LogP contribution in [-0.2, 0) is 6.54 Å². The van der Waals surface area contributed by atoms with E-state index in [0.29, 0.717) is 12.2 Å². The van der Waals surface area contributed by atoms with Gasteiger partial charge in [0.2, 0.25) is 6.79 Å². The first-order valence-corrected chi connectivity index (χ1v) is 6.48. The summed E-state index contributed by atoms with van der Waals surface area (Å²) in [6.07, 6.45) is 2.55. The molecule has 1 aliphatic carbocycles. The summed E-state index contributed by atoms with van der Waals surface area (Å²) in [6.45, 7) is 3.15. The van der Waals surface area contributed by atoms with Crippen LogP contribution in [0.2, 0.25) is 0 Å². The summed E-state index contributed by atoms with van der Waals surface area (Å²) < 4.78 is 10.7. The van der Waals surface area contributed by atoms with Crippen LogP contribution < -0.4 is 15.2 Å². The number of benzene rings is 1. The van der Waals surface area contributed by atoms with Crippen molar-refractivity contribution >= 4 is 0 Å². The molecular formula is C14H20N2O2. The molecule has 1 aromatic rings. The van der Waals surface area contributed by atoms with Crippen LogP contribution >= 0.6 is 0 Å². The first-order chi connectivity index (χ1) is 8.71. The highest BCUT2D eigenvalue weighted by Crippen LogP contribution is 2.45. The standard InChI is InChI=1S/C14H20N2O2/c1-16(9-14(8-15)4-5-14)7-11-2-3-12-13(6-11)18-10-17-12/h2-3,6H,4-5,7-10,15H2,1H3. The molecule has 98 valence electrons. The molecule has 2 aliphatic rings. The van der Waals surface area contributed by atoms with Crippen LogP contribution in [0.25, 0.3) is 0 Å². The van der Waals surface area contributed by atoms with Gasteiger partial charge >= 0.3 is 0 Å². The lowest BCUT2D eigenvalue weighted by molar-refractivity contribution is 0.174. The lowest BCUT2D eigenvalue weighted by Crippen LogP contribution is -2.31. The van der Waals surface area contributed by atoms with E-state index >= 15 is 0 Å². The second-order valence-electron chi connectivity index (χ2n) is 5.56. The molecule has 2 N–H and O–H groups in total. The van der Waals surface area contributed by atoms with Crippen LogP contribution in [0.3, 0.4) is 0 Å². The molecule has 0 aromatic heterocycles. The topological polar surface area (TPSA) is 47.7 Å². The molecule has 0 bridgehead atoms. The third-order valence-corrected chi connectivity index (χ3v) is 3.88. The van der Waals surface area contributed by atoms with Crippen molar-refractivity contribution in [3.8, 4) is 11.5 Å². The summed E-state index contributed by atoms with van der Waals surface area (Å²) in [5, 5.41) is 0. The van der Waals surface area contributed by atoms with Gasteiger partial charge in [-0.25, -0.2) is 0 Å². The zero-order chi connectivity index (χ0) is 12.6. The van der Waals surface area contributed by atoms with Gasteiger partial charge in [-0.1, -0.05) is 6.07 Å². The van der Waals surface area contributed by atoms with Gasteiger partial charge in [-0.15, -0.1) is 0 Å². The summed E-state index contributed by atoms with van der Waals surface area (Å²) in [5.41, 5.74) is 7.47. The Kier molecular flexibility index (Phi) is 2.92. The Balaban J connectivity index is 1.62. The van der Waals surface area contributed by atoms with Crippen molar-refractivity contribution in [3.63, 3.8) is 0 Å². The van der Waals surface area contributed by atoms with Gasteiger partial charge in [-0.2, -0.15) is 0 Å². The maximum atomic E-state index is 5.82. The maximum Gasteiger partial charge on any atom is 0.231 e. The Morgan fingerprint density at radius 1 is 1.28 bits per heavy atom.